The van der Waals surface area contributed by atoms with Crippen molar-refractivity contribution in [2.24, 2.45) is 0 Å². The van der Waals surface area contributed by atoms with Crippen LogP contribution in [0.2, 0.25) is 0 Å². The largest absolute Gasteiger partial charge is 0.444 e. The number of urea groups is 1. The summed E-state index contributed by atoms with van der Waals surface area (Å²) >= 11 is 0. The number of nitrogens with one attached hydrogen (secondary N) is 1. The lowest BCUT2D eigenvalue weighted by molar-refractivity contribution is 0.0270. The smallest absolute Gasteiger partial charge is 0.410 e. The van der Waals surface area contributed by atoms with Crippen LogP contribution in [-0.4, -0.2) is 45.6 Å². The van der Waals surface area contributed by atoms with Gasteiger partial charge in [-0.1, -0.05) is 30.3 Å². The maximum absolute atomic E-state index is 12.6. The molecule has 162 valence electrons. The molecule has 0 saturated carbocycles. The fourth-order valence-electron chi connectivity index (χ4n) is 3.75. The van der Waals surface area contributed by atoms with E-state index >= 15 is 0 Å². The van der Waals surface area contributed by atoms with Gasteiger partial charge < -0.3 is 14.5 Å². The Bertz CT molecular complexity index is 983. The van der Waals surface area contributed by atoms with E-state index in [1.54, 1.807) is 16.0 Å². The van der Waals surface area contributed by atoms with Crippen molar-refractivity contribution >= 4 is 23.5 Å². The molecule has 2 aromatic rings. The number of amides is 3. The third kappa shape index (κ3) is 5.05. The van der Waals surface area contributed by atoms with Crippen molar-refractivity contribution < 1.29 is 14.3 Å². The molecule has 0 unspecified atom stereocenters. The van der Waals surface area contributed by atoms with Gasteiger partial charge in [0.25, 0.3) is 0 Å². The van der Waals surface area contributed by atoms with Gasteiger partial charge in [0, 0.05) is 32.4 Å². The third-order valence-electron chi connectivity index (χ3n) is 5.36. The topological polar surface area (TPSA) is 74.8 Å². The number of carbonyl (C=O) groups is 2. The molecule has 1 aromatic carbocycles. The Morgan fingerprint density at radius 2 is 1.74 bits per heavy atom. The first-order chi connectivity index (χ1) is 14.8. The highest BCUT2D eigenvalue weighted by atomic mass is 16.6. The van der Waals surface area contributed by atoms with Gasteiger partial charge in [0.1, 0.15) is 11.4 Å². The molecule has 0 aliphatic carbocycles. The monoisotopic (exact) mass is 420 g/mol. The van der Waals surface area contributed by atoms with Crippen LogP contribution < -0.4 is 5.32 Å². The number of nitrogens with zero attached hydrogens (tertiary/aromatic N) is 3. The molecule has 31 heavy (non-hydrogen) atoms. The summed E-state index contributed by atoms with van der Waals surface area (Å²) in [5.74, 6) is 0.525. The zero-order chi connectivity index (χ0) is 22.0. The minimum atomic E-state index is -0.497. The second kappa shape index (κ2) is 8.41. The van der Waals surface area contributed by atoms with Gasteiger partial charge in [0.2, 0.25) is 0 Å². The first-order valence-electron chi connectivity index (χ1n) is 10.5. The number of rotatable bonds is 2. The summed E-state index contributed by atoms with van der Waals surface area (Å²) < 4.78 is 5.43. The molecule has 7 heteroatoms. The van der Waals surface area contributed by atoms with E-state index in [9.17, 15) is 9.59 Å². The fraction of sp³-hybridized carbons (Fsp3) is 0.375. The maximum atomic E-state index is 12.6. The molecule has 7 nitrogen and oxygen atoms in total. The molecule has 2 aliphatic rings. The van der Waals surface area contributed by atoms with E-state index in [0.29, 0.717) is 32.0 Å². The molecule has 0 spiro atoms. The standard InChI is InChI=1S/C24H28N4O3/c1-24(2,3)31-23(30)27-12-10-17(11-13-27)18-8-9-21(25-14-18)26-22(29)28-15-19-6-4-5-7-20(19)16-28/h4-10,14H,11-13,15-16H2,1-3H3,(H,25,26,29). The number of pyridine rings is 1. The summed E-state index contributed by atoms with van der Waals surface area (Å²) in [7, 11) is 0. The first kappa shape index (κ1) is 20.9. The van der Waals surface area contributed by atoms with Crippen molar-refractivity contribution in [3.63, 3.8) is 0 Å². The molecule has 4 rings (SSSR count). The van der Waals surface area contributed by atoms with E-state index in [-0.39, 0.29) is 12.1 Å². The molecule has 0 atom stereocenters. The lowest BCUT2D eigenvalue weighted by atomic mass is 10.0. The van der Waals surface area contributed by atoms with E-state index in [2.05, 4.69) is 22.4 Å². The number of benzene rings is 1. The van der Waals surface area contributed by atoms with Crippen LogP contribution in [0.1, 0.15) is 43.9 Å². The lowest BCUT2D eigenvalue weighted by Crippen LogP contribution is -2.39. The zero-order valence-corrected chi connectivity index (χ0v) is 18.2. The zero-order valence-electron chi connectivity index (χ0n) is 18.2. The molecular formula is C24H28N4O3. The van der Waals surface area contributed by atoms with E-state index in [4.69, 9.17) is 4.74 Å². The van der Waals surface area contributed by atoms with E-state index < -0.39 is 5.60 Å². The molecule has 3 heterocycles. The van der Waals surface area contributed by atoms with Gasteiger partial charge in [-0.2, -0.15) is 0 Å². The average Bonchev–Trinajstić information content (AvgIpc) is 3.18. The molecule has 2 aliphatic heterocycles. The fourth-order valence-corrected chi connectivity index (χ4v) is 3.75. The molecular weight excluding hydrogens is 392 g/mol. The molecule has 1 N–H and O–H groups in total. The number of carbonyl (C=O) groups excluding carboxylic acids is 2. The number of aromatic nitrogens is 1. The second-order valence-corrected chi connectivity index (χ2v) is 8.89. The maximum Gasteiger partial charge on any atom is 0.410 e. The molecule has 0 fully saturated rings. The molecule has 0 bridgehead atoms. The summed E-state index contributed by atoms with van der Waals surface area (Å²) in [5.41, 5.74) is 4.01. The van der Waals surface area contributed by atoms with Gasteiger partial charge in [0.15, 0.2) is 0 Å². The second-order valence-electron chi connectivity index (χ2n) is 8.89. The van der Waals surface area contributed by atoms with Gasteiger partial charge in [-0.25, -0.2) is 14.6 Å². The van der Waals surface area contributed by atoms with Crippen LogP contribution in [0.3, 0.4) is 0 Å². The highest BCUT2D eigenvalue weighted by Crippen LogP contribution is 2.25. The van der Waals surface area contributed by atoms with Crippen LogP contribution in [0.4, 0.5) is 15.4 Å². The number of anilines is 1. The van der Waals surface area contributed by atoms with Crippen LogP contribution in [-0.2, 0) is 17.8 Å². The molecule has 0 saturated heterocycles. The van der Waals surface area contributed by atoms with Crippen molar-refractivity contribution in [1.82, 2.24) is 14.8 Å². The Morgan fingerprint density at radius 3 is 2.29 bits per heavy atom. The van der Waals surface area contributed by atoms with E-state index in [1.807, 2.05) is 51.1 Å². The summed E-state index contributed by atoms with van der Waals surface area (Å²) in [6.45, 7) is 7.94. The lowest BCUT2D eigenvalue weighted by Gasteiger charge is -2.29. The van der Waals surface area contributed by atoms with Crippen LogP contribution in [0.25, 0.3) is 5.57 Å². The Morgan fingerprint density at radius 1 is 1.03 bits per heavy atom. The normalized spacial score (nSPS) is 15.9. The third-order valence-corrected chi connectivity index (χ3v) is 5.36. The van der Waals surface area contributed by atoms with Crippen molar-refractivity contribution in [2.75, 3.05) is 18.4 Å². The Kier molecular flexibility index (Phi) is 5.67. The Hall–Kier alpha value is -3.35. The SMILES string of the molecule is CC(C)(C)OC(=O)N1CC=C(c2ccc(NC(=O)N3Cc4ccccc4C3)nc2)CC1. The van der Waals surface area contributed by atoms with Gasteiger partial charge in [0.05, 0.1) is 0 Å². The van der Waals surface area contributed by atoms with Crippen LogP contribution >= 0.6 is 0 Å². The van der Waals surface area contributed by atoms with Crippen LogP contribution in [0.15, 0.2) is 48.7 Å². The van der Waals surface area contributed by atoms with E-state index in [1.165, 1.54) is 11.1 Å². The van der Waals surface area contributed by atoms with Crippen LogP contribution in [0, 0.1) is 0 Å². The van der Waals surface area contributed by atoms with Crippen molar-refractivity contribution in [3.05, 3.63) is 65.4 Å². The average molecular weight is 421 g/mol. The molecule has 3 amide bonds. The summed E-state index contributed by atoms with van der Waals surface area (Å²) in [5, 5.41) is 2.88. The summed E-state index contributed by atoms with van der Waals surface area (Å²) in [6.07, 6.45) is 4.25. The van der Waals surface area contributed by atoms with Gasteiger partial charge >= 0.3 is 12.1 Å². The van der Waals surface area contributed by atoms with Gasteiger partial charge in [-0.05, 0) is 61.6 Å². The number of ether oxygens (including phenoxy) is 1. The first-order valence-corrected chi connectivity index (χ1v) is 10.5. The van der Waals surface area contributed by atoms with Gasteiger partial charge in [-0.3, -0.25) is 5.32 Å². The molecule has 1 aromatic heterocycles. The Labute approximate surface area is 182 Å². The van der Waals surface area contributed by atoms with E-state index in [0.717, 1.165) is 17.6 Å². The number of fused-ring (bicyclic) bond motifs is 1. The van der Waals surface area contributed by atoms with Crippen LogP contribution in [0.5, 0.6) is 0 Å². The van der Waals surface area contributed by atoms with Crippen molar-refractivity contribution in [1.29, 1.82) is 0 Å². The summed E-state index contributed by atoms with van der Waals surface area (Å²) in [6, 6.07) is 11.7. The summed E-state index contributed by atoms with van der Waals surface area (Å²) in [4.78, 5) is 32.7. The predicted molar refractivity (Wildman–Crippen MR) is 119 cm³/mol. The number of hydrogen-bond donors (Lipinski definition) is 1. The minimum Gasteiger partial charge on any atom is -0.444 e. The van der Waals surface area contributed by atoms with Gasteiger partial charge in [-0.15, -0.1) is 0 Å². The van der Waals surface area contributed by atoms with Crippen molar-refractivity contribution in [2.45, 2.75) is 45.9 Å². The highest BCUT2D eigenvalue weighted by Gasteiger charge is 2.25. The number of hydrogen-bond acceptors (Lipinski definition) is 4. The molecule has 0 radical (unpaired) electrons. The highest BCUT2D eigenvalue weighted by molar-refractivity contribution is 5.88. The quantitative estimate of drug-likeness (QED) is 0.767. The predicted octanol–water partition coefficient (Wildman–Crippen LogP) is 4.65. The Balaban J connectivity index is 1.33. The van der Waals surface area contributed by atoms with Crippen molar-refractivity contribution in [3.8, 4) is 0 Å². The minimum absolute atomic E-state index is 0.152.